The number of benzene rings is 1. The standard InChI is InChI=1S/C15H12FN3O5/c1-2-7-23-15(20)18-14-9-11(5-6-17-14)24-13-4-3-10(19(21)22)8-12(13)16/h2-6,8-9H,1,7H2,(H,17,18,20). The van der Waals surface area contributed by atoms with Crippen molar-refractivity contribution in [1.29, 1.82) is 0 Å². The molecule has 124 valence electrons. The largest absolute Gasteiger partial charge is 0.454 e. The first-order chi connectivity index (χ1) is 11.5. The van der Waals surface area contributed by atoms with Gasteiger partial charge in [0.2, 0.25) is 0 Å². The van der Waals surface area contributed by atoms with Crippen LogP contribution in [0.15, 0.2) is 49.2 Å². The second-order valence-electron chi connectivity index (χ2n) is 4.36. The zero-order chi connectivity index (χ0) is 17.5. The van der Waals surface area contributed by atoms with Crippen LogP contribution in [0.3, 0.4) is 0 Å². The Labute approximate surface area is 135 Å². The second kappa shape index (κ2) is 7.68. The van der Waals surface area contributed by atoms with Gasteiger partial charge < -0.3 is 9.47 Å². The van der Waals surface area contributed by atoms with Gasteiger partial charge in [-0.2, -0.15) is 0 Å². The number of halogens is 1. The first-order valence-corrected chi connectivity index (χ1v) is 6.62. The number of nitro groups is 1. The molecule has 1 N–H and O–H groups in total. The fourth-order valence-electron chi connectivity index (χ4n) is 1.63. The van der Waals surface area contributed by atoms with E-state index in [4.69, 9.17) is 9.47 Å². The lowest BCUT2D eigenvalue weighted by Gasteiger charge is -2.08. The van der Waals surface area contributed by atoms with Crippen LogP contribution in [0.25, 0.3) is 0 Å². The van der Waals surface area contributed by atoms with Crippen molar-refractivity contribution in [2.24, 2.45) is 0 Å². The Balaban J connectivity index is 2.10. The predicted octanol–water partition coefficient (Wildman–Crippen LogP) is 3.66. The summed E-state index contributed by atoms with van der Waals surface area (Å²) >= 11 is 0. The summed E-state index contributed by atoms with van der Waals surface area (Å²) in [6, 6.07) is 5.78. The normalized spacial score (nSPS) is 9.88. The topological polar surface area (TPSA) is 104 Å². The summed E-state index contributed by atoms with van der Waals surface area (Å²) in [6.07, 6.45) is 2.01. The number of aromatic nitrogens is 1. The highest BCUT2D eigenvalue weighted by Gasteiger charge is 2.13. The predicted molar refractivity (Wildman–Crippen MR) is 82.5 cm³/mol. The third-order valence-corrected chi connectivity index (χ3v) is 2.65. The molecule has 1 heterocycles. The highest BCUT2D eigenvalue weighted by Crippen LogP contribution is 2.28. The van der Waals surface area contributed by atoms with Crippen LogP contribution in [-0.2, 0) is 4.74 Å². The number of hydrogen-bond donors (Lipinski definition) is 1. The van der Waals surface area contributed by atoms with Crippen LogP contribution in [0.2, 0.25) is 0 Å². The minimum absolute atomic E-state index is 0.0377. The summed E-state index contributed by atoms with van der Waals surface area (Å²) in [6.45, 7) is 3.45. The van der Waals surface area contributed by atoms with Gasteiger partial charge >= 0.3 is 6.09 Å². The third kappa shape index (κ3) is 4.50. The van der Waals surface area contributed by atoms with Crippen LogP contribution in [0, 0.1) is 15.9 Å². The Morgan fingerprint density at radius 1 is 1.42 bits per heavy atom. The lowest BCUT2D eigenvalue weighted by atomic mass is 10.3. The lowest BCUT2D eigenvalue weighted by molar-refractivity contribution is -0.385. The number of amides is 1. The summed E-state index contributed by atoms with van der Waals surface area (Å²) in [5.74, 6) is -0.784. The van der Waals surface area contributed by atoms with Crippen LogP contribution in [-0.4, -0.2) is 22.6 Å². The molecule has 0 atom stereocenters. The Morgan fingerprint density at radius 3 is 2.88 bits per heavy atom. The molecule has 2 aromatic rings. The molecule has 0 unspecified atom stereocenters. The fourth-order valence-corrected chi connectivity index (χ4v) is 1.63. The van der Waals surface area contributed by atoms with Crippen molar-refractivity contribution >= 4 is 17.6 Å². The van der Waals surface area contributed by atoms with Gasteiger partial charge in [0.15, 0.2) is 11.6 Å². The minimum Gasteiger partial charge on any atom is -0.454 e. The number of rotatable bonds is 6. The molecule has 0 saturated carbocycles. The van der Waals surface area contributed by atoms with E-state index < -0.39 is 16.8 Å². The quantitative estimate of drug-likeness (QED) is 0.491. The SMILES string of the molecule is C=CCOC(=O)Nc1cc(Oc2ccc([N+](=O)[O-])cc2F)ccn1. The highest BCUT2D eigenvalue weighted by molar-refractivity contribution is 5.83. The van der Waals surface area contributed by atoms with Crippen molar-refractivity contribution < 1.29 is 23.6 Å². The summed E-state index contributed by atoms with van der Waals surface area (Å²) in [5.41, 5.74) is -0.387. The van der Waals surface area contributed by atoms with Crippen LogP contribution in [0.4, 0.5) is 20.7 Å². The van der Waals surface area contributed by atoms with Gasteiger partial charge in [-0.15, -0.1) is 0 Å². The van der Waals surface area contributed by atoms with Gasteiger partial charge in [0, 0.05) is 18.3 Å². The average Bonchev–Trinajstić information content (AvgIpc) is 2.55. The van der Waals surface area contributed by atoms with Crippen molar-refractivity contribution in [2.45, 2.75) is 0 Å². The molecular formula is C15H12FN3O5. The van der Waals surface area contributed by atoms with Gasteiger partial charge in [0.25, 0.3) is 5.69 Å². The Bertz CT molecular complexity index is 781. The molecule has 1 aromatic carbocycles. The van der Waals surface area contributed by atoms with Gasteiger partial charge in [-0.25, -0.2) is 14.2 Å². The van der Waals surface area contributed by atoms with Crippen LogP contribution in [0.1, 0.15) is 0 Å². The summed E-state index contributed by atoms with van der Waals surface area (Å²) < 4.78 is 23.8. The van der Waals surface area contributed by atoms with E-state index in [9.17, 15) is 19.3 Å². The number of carbonyl (C=O) groups excluding carboxylic acids is 1. The smallest absolute Gasteiger partial charge is 0.413 e. The molecule has 0 bridgehead atoms. The van der Waals surface area contributed by atoms with Gasteiger partial charge in [-0.05, 0) is 12.1 Å². The Morgan fingerprint density at radius 2 is 2.21 bits per heavy atom. The van der Waals surface area contributed by atoms with Gasteiger partial charge in [-0.3, -0.25) is 15.4 Å². The maximum atomic E-state index is 13.8. The maximum Gasteiger partial charge on any atom is 0.413 e. The number of hydrogen-bond acceptors (Lipinski definition) is 6. The molecule has 0 fully saturated rings. The number of nitrogens with one attached hydrogen (secondary N) is 1. The molecule has 1 amide bonds. The molecule has 24 heavy (non-hydrogen) atoms. The molecule has 0 aliphatic rings. The maximum absolute atomic E-state index is 13.8. The molecule has 0 spiro atoms. The number of non-ortho nitro benzene ring substituents is 1. The molecule has 0 radical (unpaired) electrons. The van der Waals surface area contributed by atoms with Crippen LogP contribution >= 0.6 is 0 Å². The Kier molecular flexibility index (Phi) is 5.40. The van der Waals surface area contributed by atoms with E-state index in [1.807, 2.05) is 0 Å². The van der Waals surface area contributed by atoms with Gasteiger partial charge in [0.1, 0.15) is 18.2 Å². The third-order valence-electron chi connectivity index (χ3n) is 2.65. The monoisotopic (exact) mass is 333 g/mol. The summed E-state index contributed by atoms with van der Waals surface area (Å²) in [5, 5.41) is 12.9. The van der Waals surface area contributed by atoms with E-state index in [1.165, 1.54) is 24.4 Å². The van der Waals surface area contributed by atoms with Gasteiger partial charge in [0.05, 0.1) is 11.0 Å². The van der Waals surface area contributed by atoms with E-state index in [1.54, 1.807) is 0 Å². The number of carbonyl (C=O) groups is 1. The van der Waals surface area contributed by atoms with Crippen molar-refractivity contribution in [3.63, 3.8) is 0 Å². The van der Waals surface area contributed by atoms with E-state index in [2.05, 4.69) is 16.9 Å². The van der Waals surface area contributed by atoms with E-state index in [-0.39, 0.29) is 29.6 Å². The number of ether oxygens (including phenoxy) is 2. The minimum atomic E-state index is -0.888. The van der Waals surface area contributed by atoms with Crippen molar-refractivity contribution in [1.82, 2.24) is 4.98 Å². The van der Waals surface area contributed by atoms with Crippen molar-refractivity contribution in [3.8, 4) is 11.5 Å². The van der Waals surface area contributed by atoms with Crippen molar-refractivity contribution in [2.75, 3.05) is 11.9 Å². The zero-order valence-electron chi connectivity index (χ0n) is 12.3. The molecule has 8 nitrogen and oxygen atoms in total. The molecule has 0 aliphatic carbocycles. The number of anilines is 1. The van der Waals surface area contributed by atoms with Gasteiger partial charge in [-0.1, -0.05) is 12.7 Å². The van der Waals surface area contributed by atoms with E-state index in [0.29, 0.717) is 0 Å². The number of pyridine rings is 1. The van der Waals surface area contributed by atoms with E-state index >= 15 is 0 Å². The Hall–Kier alpha value is -3.49. The van der Waals surface area contributed by atoms with Crippen molar-refractivity contribution in [3.05, 3.63) is 65.1 Å². The highest BCUT2D eigenvalue weighted by atomic mass is 19.1. The molecule has 2 rings (SSSR count). The number of nitrogens with zero attached hydrogens (tertiary/aromatic N) is 2. The summed E-state index contributed by atoms with van der Waals surface area (Å²) in [7, 11) is 0. The second-order valence-corrected chi connectivity index (χ2v) is 4.36. The molecular weight excluding hydrogens is 321 g/mol. The molecule has 0 saturated heterocycles. The summed E-state index contributed by atoms with van der Waals surface area (Å²) in [4.78, 5) is 25.2. The zero-order valence-corrected chi connectivity index (χ0v) is 12.3. The first kappa shape index (κ1) is 16.9. The fraction of sp³-hybridized carbons (Fsp3) is 0.0667. The van der Waals surface area contributed by atoms with E-state index in [0.717, 1.165) is 18.2 Å². The number of nitro benzene ring substituents is 1. The molecule has 9 heteroatoms. The first-order valence-electron chi connectivity index (χ1n) is 6.62. The van der Waals surface area contributed by atoms with Crippen LogP contribution < -0.4 is 10.1 Å². The lowest BCUT2D eigenvalue weighted by Crippen LogP contribution is -2.14. The van der Waals surface area contributed by atoms with Crippen LogP contribution in [0.5, 0.6) is 11.5 Å². The average molecular weight is 333 g/mol. The molecule has 0 aliphatic heterocycles. The molecule has 1 aromatic heterocycles.